The van der Waals surface area contributed by atoms with E-state index >= 15 is 0 Å². The second kappa shape index (κ2) is 9.02. The minimum absolute atomic E-state index is 0.0158. The molecule has 0 N–H and O–H groups in total. The summed E-state index contributed by atoms with van der Waals surface area (Å²) in [5.41, 5.74) is 1.16. The number of allylic oxidation sites excluding steroid dienone is 2. The highest BCUT2D eigenvalue weighted by Gasteiger charge is 2.50. The molecule has 2 aliphatic heterocycles. The molecule has 0 radical (unpaired) electrons. The van der Waals surface area contributed by atoms with Crippen molar-refractivity contribution < 1.29 is 28.7 Å². The molecular formula is C27H26N2O6. The number of carbonyl (C=O) groups excluding carboxylic acids is 4. The van der Waals surface area contributed by atoms with E-state index in [1.54, 1.807) is 60.5 Å². The van der Waals surface area contributed by atoms with Crippen LogP contribution in [0.25, 0.3) is 0 Å². The SMILES string of the molecule is COc1ccc(N2C[C@H](C(=O)Oc3ccc(N4C(=O)[C@H]5[C@H](C)C=CC[C@H]5C4=O)cc3)CC2=O)cc1. The Morgan fingerprint density at radius 1 is 0.914 bits per heavy atom. The lowest BCUT2D eigenvalue weighted by Gasteiger charge is -2.22. The summed E-state index contributed by atoms with van der Waals surface area (Å²) in [6.07, 6.45) is 4.59. The van der Waals surface area contributed by atoms with Crippen molar-refractivity contribution in [1.29, 1.82) is 0 Å². The topological polar surface area (TPSA) is 93.2 Å². The van der Waals surface area contributed by atoms with E-state index in [2.05, 4.69) is 0 Å². The van der Waals surface area contributed by atoms with Gasteiger partial charge in [0, 0.05) is 18.7 Å². The van der Waals surface area contributed by atoms with Gasteiger partial charge < -0.3 is 14.4 Å². The standard InChI is InChI=1S/C27H26N2O6/c1-16-4-3-5-22-24(16)26(32)29(25(22)31)19-8-12-21(13-9-19)35-27(33)17-14-23(30)28(15-17)18-6-10-20(34-2)11-7-18/h3-4,6-13,16-17,22,24H,5,14-15H2,1-2H3/t16-,17-,22-,24+/m1/s1. The number of anilines is 2. The summed E-state index contributed by atoms with van der Waals surface area (Å²) in [5, 5.41) is 0. The van der Waals surface area contributed by atoms with Gasteiger partial charge >= 0.3 is 5.97 Å². The predicted octanol–water partition coefficient (Wildman–Crippen LogP) is 3.36. The van der Waals surface area contributed by atoms with Gasteiger partial charge in [-0.3, -0.25) is 24.1 Å². The number of fused-ring (bicyclic) bond motifs is 1. The van der Waals surface area contributed by atoms with E-state index in [0.29, 0.717) is 29.3 Å². The molecule has 1 aliphatic carbocycles. The van der Waals surface area contributed by atoms with Crippen LogP contribution in [0.4, 0.5) is 11.4 Å². The fraction of sp³-hybridized carbons (Fsp3) is 0.333. The molecule has 0 unspecified atom stereocenters. The monoisotopic (exact) mass is 474 g/mol. The quantitative estimate of drug-likeness (QED) is 0.286. The second-order valence-corrected chi connectivity index (χ2v) is 9.19. The molecule has 0 spiro atoms. The highest BCUT2D eigenvalue weighted by atomic mass is 16.5. The first kappa shape index (κ1) is 22.8. The van der Waals surface area contributed by atoms with E-state index in [1.165, 1.54) is 4.90 Å². The van der Waals surface area contributed by atoms with Crippen molar-refractivity contribution in [1.82, 2.24) is 0 Å². The Balaban J connectivity index is 1.24. The summed E-state index contributed by atoms with van der Waals surface area (Å²) in [4.78, 5) is 53.9. The molecule has 2 fully saturated rings. The zero-order valence-electron chi connectivity index (χ0n) is 19.5. The van der Waals surface area contributed by atoms with Crippen molar-refractivity contribution in [2.24, 2.45) is 23.7 Å². The van der Waals surface area contributed by atoms with Crippen LogP contribution in [0, 0.1) is 23.7 Å². The molecule has 2 heterocycles. The van der Waals surface area contributed by atoms with E-state index < -0.39 is 11.9 Å². The average Bonchev–Trinajstić information content (AvgIpc) is 3.38. The number of rotatable bonds is 5. The Morgan fingerprint density at radius 2 is 1.57 bits per heavy atom. The van der Waals surface area contributed by atoms with Crippen LogP contribution in [-0.4, -0.2) is 37.3 Å². The van der Waals surface area contributed by atoms with Crippen LogP contribution in [0.2, 0.25) is 0 Å². The number of ether oxygens (including phenoxy) is 2. The number of amides is 3. The van der Waals surface area contributed by atoms with Crippen LogP contribution < -0.4 is 19.3 Å². The molecule has 2 saturated heterocycles. The first-order valence-corrected chi connectivity index (χ1v) is 11.7. The third kappa shape index (κ3) is 4.09. The number of methoxy groups -OCH3 is 1. The van der Waals surface area contributed by atoms with Crippen LogP contribution in [-0.2, 0) is 19.2 Å². The number of benzene rings is 2. The summed E-state index contributed by atoms with van der Waals surface area (Å²) in [7, 11) is 1.57. The molecule has 5 rings (SSSR count). The van der Waals surface area contributed by atoms with E-state index in [1.807, 2.05) is 19.1 Å². The summed E-state index contributed by atoms with van der Waals surface area (Å²) >= 11 is 0. The fourth-order valence-electron chi connectivity index (χ4n) is 5.14. The van der Waals surface area contributed by atoms with Gasteiger partial charge in [0.1, 0.15) is 11.5 Å². The van der Waals surface area contributed by atoms with Crippen molar-refractivity contribution in [2.45, 2.75) is 19.8 Å². The lowest BCUT2D eigenvalue weighted by molar-refractivity contribution is -0.139. The van der Waals surface area contributed by atoms with Crippen molar-refractivity contribution >= 4 is 35.1 Å². The zero-order chi connectivity index (χ0) is 24.7. The molecule has 8 nitrogen and oxygen atoms in total. The summed E-state index contributed by atoms with van der Waals surface area (Å²) in [6.45, 7) is 2.18. The van der Waals surface area contributed by atoms with Gasteiger partial charge in [0.15, 0.2) is 0 Å². The van der Waals surface area contributed by atoms with Gasteiger partial charge in [-0.15, -0.1) is 0 Å². The number of esters is 1. The van der Waals surface area contributed by atoms with Gasteiger partial charge in [0.25, 0.3) is 0 Å². The Labute approximate surface area is 203 Å². The molecule has 3 aliphatic rings. The van der Waals surface area contributed by atoms with Gasteiger partial charge in [-0.25, -0.2) is 0 Å². The van der Waals surface area contributed by atoms with E-state index in [4.69, 9.17) is 9.47 Å². The van der Waals surface area contributed by atoms with Crippen LogP contribution in [0.5, 0.6) is 11.5 Å². The number of nitrogens with zero attached hydrogens (tertiary/aromatic N) is 2. The fourth-order valence-corrected chi connectivity index (χ4v) is 5.14. The van der Waals surface area contributed by atoms with Crippen LogP contribution >= 0.6 is 0 Å². The van der Waals surface area contributed by atoms with Gasteiger partial charge in [-0.05, 0) is 60.9 Å². The highest BCUT2D eigenvalue weighted by Crippen LogP contribution is 2.40. The van der Waals surface area contributed by atoms with Crippen LogP contribution in [0.15, 0.2) is 60.7 Å². The Bertz CT molecular complexity index is 1200. The van der Waals surface area contributed by atoms with Crippen molar-refractivity contribution in [2.75, 3.05) is 23.5 Å². The predicted molar refractivity (Wildman–Crippen MR) is 128 cm³/mol. The molecule has 35 heavy (non-hydrogen) atoms. The molecule has 2 aromatic carbocycles. The molecule has 8 heteroatoms. The van der Waals surface area contributed by atoms with Crippen LogP contribution in [0.1, 0.15) is 19.8 Å². The highest BCUT2D eigenvalue weighted by molar-refractivity contribution is 6.22. The number of carbonyl (C=O) groups is 4. The first-order chi connectivity index (χ1) is 16.9. The molecular weight excluding hydrogens is 448 g/mol. The van der Waals surface area contributed by atoms with E-state index in [-0.39, 0.29) is 48.4 Å². The summed E-state index contributed by atoms with van der Waals surface area (Å²) in [6, 6.07) is 13.4. The summed E-state index contributed by atoms with van der Waals surface area (Å²) < 4.78 is 10.7. The largest absolute Gasteiger partial charge is 0.497 e. The van der Waals surface area contributed by atoms with Crippen molar-refractivity contribution in [3.05, 3.63) is 60.7 Å². The zero-order valence-corrected chi connectivity index (χ0v) is 19.5. The molecule has 4 atom stereocenters. The second-order valence-electron chi connectivity index (χ2n) is 9.19. The Kier molecular flexibility index (Phi) is 5.88. The smallest absolute Gasteiger partial charge is 0.316 e. The Hall–Kier alpha value is -3.94. The third-order valence-electron chi connectivity index (χ3n) is 7.03. The number of hydrogen-bond donors (Lipinski definition) is 0. The average molecular weight is 475 g/mol. The molecule has 180 valence electrons. The van der Waals surface area contributed by atoms with E-state index in [0.717, 1.165) is 0 Å². The lowest BCUT2D eigenvalue weighted by Crippen LogP contribution is -2.31. The third-order valence-corrected chi connectivity index (χ3v) is 7.03. The molecule has 3 amide bonds. The lowest BCUT2D eigenvalue weighted by atomic mass is 9.78. The van der Waals surface area contributed by atoms with Crippen molar-refractivity contribution in [3.63, 3.8) is 0 Å². The minimum Gasteiger partial charge on any atom is -0.497 e. The van der Waals surface area contributed by atoms with Crippen molar-refractivity contribution in [3.8, 4) is 11.5 Å². The molecule has 0 bridgehead atoms. The van der Waals surface area contributed by atoms with Gasteiger partial charge in [-0.2, -0.15) is 0 Å². The Morgan fingerprint density at radius 3 is 2.23 bits per heavy atom. The first-order valence-electron chi connectivity index (χ1n) is 11.7. The number of imide groups is 1. The molecule has 0 aromatic heterocycles. The molecule has 0 saturated carbocycles. The van der Waals surface area contributed by atoms with Crippen LogP contribution in [0.3, 0.4) is 0 Å². The van der Waals surface area contributed by atoms with Gasteiger partial charge in [-0.1, -0.05) is 19.1 Å². The maximum absolute atomic E-state index is 13.0. The molecule has 2 aromatic rings. The van der Waals surface area contributed by atoms with Gasteiger partial charge in [0.2, 0.25) is 17.7 Å². The van der Waals surface area contributed by atoms with Gasteiger partial charge in [0.05, 0.1) is 30.6 Å². The number of hydrogen-bond acceptors (Lipinski definition) is 6. The van der Waals surface area contributed by atoms with E-state index in [9.17, 15) is 19.2 Å². The minimum atomic E-state index is -0.594. The maximum atomic E-state index is 13.0. The normalized spacial score (nSPS) is 25.7. The summed E-state index contributed by atoms with van der Waals surface area (Å²) in [5.74, 6) is -1.29. The maximum Gasteiger partial charge on any atom is 0.316 e.